The summed E-state index contributed by atoms with van der Waals surface area (Å²) in [6.07, 6.45) is 8.28. The molecule has 1 aliphatic rings. The van der Waals surface area contributed by atoms with Gasteiger partial charge in [0.25, 0.3) is 5.78 Å². The number of rotatable bonds is 5. The van der Waals surface area contributed by atoms with Crippen molar-refractivity contribution in [3.05, 3.63) is 59.7 Å². The number of benzene rings is 1. The lowest BCUT2D eigenvalue weighted by Crippen LogP contribution is -2.39. The number of amides is 1. The Bertz CT molecular complexity index is 894. The van der Waals surface area contributed by atoms with Crippen molar-refractivity contribution >= 4 is 11.7 Å². The molecule has 1 saturated carbocycles. The molecule has 1 aromatic carbocycles. The Kier molecular flexibility index (Phi) is 4.41. The van der Waals surface area contributed by atoms with E-state index in [1.165, 1.54) is 24.0 Å². The number of fused-ring (bicyclic) bond motifs is 1. The predicted octanol–water partition coefficient (Wildman–Crippen LogP) is 2.60. The van der Waals surface area contributed by atoms with E-state index in [0.717, 1.165) is 12.8 Å². The summed E-state index contributed by atoms with van der Waals surface area (Å²) in [7, 11) is 0. The van der Waals surface area contributed by atoms with Crippen molar-refractivity contribution in [3.8, 4) is 0 Å². The minimum atomic E-state index is -0.0418. The Balaban J connectivity index is 1.45. The molecule has 3 aromatic rings. The van der Waals surface area contributed by atoms with Crippen molar-refractivity contribution in [1.82, 2.24) is 24.9 Å². The molecule has 0 bridgehead atoms. The molecule has 1 amide bonds. The van der Waals surface area contributed by atoms with E-state index in [0.29, 0.717) is 18.1 Å². The van der Waals surface area contributed by atoms with E-state index >= 15 is 0 Å². The van der Waals surface area contributed by atoms with Crippen molar-refractivity contribution in [2.75, 3.05) is 6.54 Å². The molecule has 134 valence electrons. The zero-order valence-corrected chi connectivity index (χ0v) is 15.0. The highest BCUT2D eigenvalue weighted by molar-refractivity contribution is 5.78. The van der Waals surface area contributed by atoms with Gasteiger partial charge in [0.15, 0.2) is 5.82 Å². The molecular weight excluding hydrogens is 326 g/mol. The highest BCUT2D eigenvalue weighted by Crippen LogP contribution is 2.40. The van der Waals surface area contributed by atoms with Crippen molar-refractivity contribution in [1.29, 1.82) is 0 Å². The van der Waals surface area contributed by atoms with E-state index in [9.17, 15) is 4.79 Å². The summed E-state index contributed by atoms with van der Waals surface area (Å²) in [5.74, 6) is 0.972. The standard InChI is InChI=1S/C20H23N5O/c1-15-6-4-7-16(12-15)20(8-2-3-9-20)14-22-18(26)13-17-23-19-21-10-5-11-25(19)24-17/h4-7,10-12H,2-3,8-9,13-14H2,1H3,(H,22,26). The van der Waals surface area contributed by atoms with Crippen LogP contribution < -0.4 is 5.32 Å². The summed E-state index contributed by atoms with van der Waals surface area (Å²) < 4.78 is 1.59. The van der Waals surface area contributed by atoms with Gasteiger partial charge in [-0.3, -0.25) is 4.79 Å². The molecule has 0 saturated heterocycles. The molecule has 0 spiro atoms. The topological polar surface area (TPSA) is 72.2 Å². The highest BCUT2D eigenvalue weighted by Gasteiger charge is 2.35. The Hall–Kier alpha value is -2.76. The summed E-state index contributed by atoms with van der Waals surface area (Å²) >= 11 is 0. The van der Waals surface area contributed by atoms with Crippen LogP contribution in [0.3, 0.4) is 0 Å². The fourth-order valence-electron chi connectivity index (χ4n) is 3.92. The predicted molar refractivity (Wildman–Crippen MR) is 98.8 cm³/mol. The van der Waals surface area contributed by atoms with Crippen molar-refractivity contribution in [2.24, 2.45) is 0 Å². The van der Waals surface area contributed by atoms with Gasteiger partial charge in [0.1, 0.15) is 0 Å². The van der Waals surface area contributed by atoms with E-state index < -0.39 is 0 Å². The number of carbonyl (C=O) groups excluding carboxylic acids is 1. The minimum Gasteiger partial charge on any atom is -0.355 e. The van der Waals surface area contributed by atoms with Crippen LogP contribution in [0.5, 0.6) is 0 Å². The highest BCUT2D eigenvalue weighted by atomic mass is 16.1. The first kappa shape index (κ1) is 16.7. The van der Waals surface area contributed by atoms with Crippen LogP contribution in [-0.4, -0.2) is 32.0 Å². The van der Waals surface area contributed by atoms with Crippen LogP contribution in [0.4, 0.5) is 0 Å². The quantitative estimate of drug-likeness (QED) is 0.768. The van der Waals surface area contributed by atoms with Crippen molar-refractivity contribution in [3.63, 3.8) is 0 Å². The average molecular weight is 349 g/mol. The van der Waals surface area contributed by atoms with Gasteiger partial charge in [-0.15, -0.1) is 5.10 Å². The number of hydrogen-bond acceptors (Lipinski definition) is 4. The average Bonchev–Trinajstić information content (AvgIpc) is 3.27. The third-order valence-electron chi connectivity index (χ3n) is 5.29. The molecule has 2 heterocycles. The lowest BCUT2D eigenvalue weighted by Gasteiger charge is -2.30. The molecule has 1 fully saturated rings. The molecule has 0 atom stereocenters. The monoisotopic (exact) mass is 349 g/mol. The summed E-state index contributed by atoms with van der Waals surface area (Å²) in [5.41, 5.74) is 2.65. The molecular formula is C20H23N5O. The second-order valence-electron chi connectivity index (χ2n) is 7.20. The SMILES string of the molecule is Cc1cccc(C2(CNC(=O)Cc3nc4ncccn4n3)CCCC2)c1. The Morgan fingerprint density at radius 3 is 2.88 bits per heavy atom. The van der Waals surface area contributed by atoms with Crippen LogP contribution in [0.1, 0.15) is 42.6 Å². The second kappa shape index (κ2) is 6.86. The number of aromatic nitrogens is 4. The van der Waals surface area contributed by atoms with Gasteiger partial charge >= 0.3 is 0 Å². The van der Waals surface area contributed by atoms with Crippen LogP contribution in [0.15, 0.2) is 42.7 Å². The molecule has 2 aromatic heterocycles. The summed E-state index contributed by atoms with van der Waals surface area (Å²) in [4.78, 5) is 20.9. The van der Waals surface area contributed by atoms with Crippen molar-refractivity contribution in [2.45, 2.75) is 44.4 Å². The summed E-state index contributed by atoms with van der Waals surface area (Å²) in [6, 6.07) is 10.5. The molecule has 1 N–H and O–H groups in total. The van der Waals surface area contributed by atoms with E-state index in [-0.39, 0.29) is 17.7 Å². The maximum Gasteiger partial charge on any atom is 0.252 e. The van der Waals surface area contributed by atoms with Crippen LogP contribution >= 0.6 is 0 Å². The van der Waals surface area contributed by atoms with Crippen LogP contribution in [-0.2, 0) is 16.6 Å². The second-order valence-corrected chi connectivity index (χ2v) is 7.20. The summed E-state index contributed by atoms with van der Waals surface area (Å²) in [5, 5.41) is 7.43. The van der Waals surface area contributed by atoms with Gasteiger partial charge in [0, 0.05) is 24.4 Å². The van der Waals surface area contributed by atoms with Crippen molar-refractivity contribution < 1.29 is 4.79 Å². The van der Waals surface area contributed by atoms with Gasteiger partial charge in [-0.2, -0.15) is 4.98 Å². The zero-order valence-electron chi connectivity index (χ0n) is 15.0. The molecule has 0 unspecified atom stereocenters. The largest absolute Gasteiger partial charge is 0.355 e. The van der Waals surface area contributed by atoms with Gasteiger partial charge in [-0.05, 0) is 31.4 Å². The first-order chi connectivity index (χ1) is 12.6. The number of aryl methyl sites for hydroxylation is 1. The fourth-order valence-corrected chi connectivity index (χ4v) is 3.92. The molecule has 1 aliphatic carbocycles. The molecule has 0 aliphatic heterocycles. The van der Waals surface area contributed by atoms with Crippen LogP contribution in [0, 0.1) is 6.92 Å². The van der Waals surface area contributed by atoms with E-state index in [2.05, 4.69) is 51.6 Å². The van der Waals surface area contributed by atoms with Crippen LogP contribution in [0.2, 0.25) is 0 Å². The normalized spacial score (nSPS) is 16.0. The van der Waals surface area contributed by atoms with Gasteiger partial charge in [0.2, 0.25) is 5.91 Å². The van der Waals surface area contributed by atoms with E-state index in [1.54, 1.807) is 23.0 Å². The smallest absolute Gasteiger partial charge is 0.252 e. The molecule has 0 radical (unpaired) electrons. The third-order valence-corrected chi connectivity index (χ3v) is 5.29. The van der Waals surface area contributed by atoms with Gasteiger partial charge in [0.05, 0.1) is 6.42 Å². The van der Waals surface area contributed by atoms with E-state index in [4.69, 9.17) is 0 Å². The van der Waals surface area contributed by atoms with E-state index in [1.807, 2.05) is 0 Å². The maximum atomic E-state index is 12.5. The third kappa shape index (κ3) is 3.31. The van der Waals surface area contributed by atoms with Gasteiger partial charge in [-0.25, -0.2) is 9.50 Å². The summed E-state index contributed by atoms with van der Waals surface area (Å²) in [6.45, 7) is 2.79. The molecule has 6 nitrogen and oxygen atoms in total. The minimum absolute atomic E-state index is 0.0418. The number of nitrogens with zero attached hydrogens (tertiary/aromatic N) is 4. The first-order valence-electron chi connectivity index (χ1n) is 9.15. The number of hydrogen-bond donors (Lipinski definition) is 1. The molecule has 6 heteroatoms. The number of nitrogens with one attached hydrogen (secondary N) is 1. The first-order valence-corrected chi connectivity index (χ1v) is 9.15. The fraction of sp³-hybridized carbons (Fsp3) is 0.400. The Morgan fingerprint density at radius 2 is 2.12 bits per heavy atom. The van der Waals surface area contributed by atoms with Gasteiger partial charge in [-0.1, -0.05) is 42.7 Å². The maximum absolute atomic E-state index is 12.5. The Labute approximate surface area is 152 Å². The molecule has 26 heavy (non-hydrogen) atoms. The van der Waals surface area contributed by atoms with Gasteiger partial charge < -0.3 is 5.32 Å². The lowest BCUT2D eigenvalue weighted by atomic mass is 9.78. The van der Waals surface area contributed by atoms with Crippen LogP contribution in [0.25, 0.3) is 5.78 Å². The zero-order chi connectivity index (χ0) is 18.0. The number of carbonyl (C=O) groups is 1. The lowest BCUT2D eigenvalue weighted by molar-refractivity contribution is -0.120. The Morgan fingerprint density at radius 1 is 1.27 bits per heavy atom. The molecule has 4 rings (SSSR count).